The number of furan rings is 1. The maximum absolute atomic E-state index is 12.3. The maximum atomic E-state index is 12.3. The summed E-state index contributed by atoms with van der Waals surface area (Å²) >= 11 is 13.0. The molecule has 4 aromatic rings. The Morgan fingerprint density at radius 1 is 1.10 bits per heavy atom. The molecule has 3 aromatic carbocycles. The van der Waals surface area contributed by atoms with Gasteiger partial charge in [-0.2, -0.15) is 5.10 Å². The molecule has 0 atom stereocenters. The summed E-state index contributed by atoms with van der Waals surface area (Å²) in [5.74, 6) is 0.449. The van der Waals surface area contributed by atoms with Gasteiger partial charge in [0.1, 0.15) is 17.9 Å². The van der Waals surface area contributed by atoms with Gasteiger partial charge in [0.2, 0.25) is 0 Å². The van der Waals surface area contributed by atoms with Gasteiger partial charge in [-0.15, -0.1) is 0 Å². The molecule has 5 nitrogen and oxygen atoms in total. The first-order chi connectivity index (χ1) is 15.0. The summed E-state index contributed by atoms with van der Waals surface area (Å²) in [6.45, 7) is 0.382. The number of hydrogen-bond acceptors (Lipinski definition) is 4. The first-order valence-corrected chi connectivity index (χ1v) is 11.1. The van der Waals surface area contributed by atoms with Crippen molar-refractivity contribution >= 4 is 66.6 Å². The summed E-state index contributed by atoms with van der Waals surface area (Å²) in [6, 6.07) is 20.3. The van der Waals surface area contributed by atoms with Crippen LogP contribution in [0.15, 0.2) is 85.2 Å². The van der Waals surface area contributed by atoms with Crippen LogP contribution >= 0.6 is 43.5 Å². The van der Waals surface area contributed by atoms with Crippen molar-refractivity contribution < 1.29 is 13.9 Å². The van der Waals surface area contributed by atoms with Gasteiger partial charge in [0, 0.05) is 20.4 Å². The molecule has 0 unspecified atom stereocenters. The predicted octanol–water partition coefficient (Wildman–Crippen LogP) is 6.95. The van der Waals surface area contributed by atoms with Crippen LogP contribution in [0, 0.1) is 0 Å². The standard InChI is InChI=1S/C23H15Br2ClN2O3/c24-17-9-16-10-21(31-22(16)19(25)11-17)23(29)28-27-12-14-5-7-18(8-6-14)30-13-15-3-1-2-4-20(15)26/h1-12H,13H2,(H,28,29)/b27-12-. The molecule has 1 N–H and O–H groups in total. The minimum absolute atomic E-state index is 0.175. The average molecular weight is 563 g/mol. The molecule has 4 rings (SSSR count). The summed E-state index contributed by atoms with van der Waals surface area (Å²) in [6.07, 6.45) is 1.55. The van der Waals surface area contributed by atoms with E-state index in [4.69, 9.17) is 20.8 Å². The summed E-state index contributed by atoms with van der Waals surface area (Å²) in [5.41, 5.74) is 4.80. The van der Waals surface area contributed by atoms with E-state index in [0.29, 0.717) is 23.0 Å². The first kappa shape index (κ1) is 21.6. The molecular weight excluding hydrogens is 548 g/mol. The molecule has 0 aliphatic carbocycles. The number of rotatable bonds is 6. The number of hydrogen-bond donors (Lipinski definition) is 1. The third-order valence-corrected chi connectivity index (χ3v) is 5.79. The van der Waals surface area contributed by atoms with Gasteiger partial charge >= 0.3 is 5.91 Å². The fourth-order valence-electron chi connectivity index (χ4n) is 2.83. The van der Waals surface area contributed by atoms with Crippen LogP contribution in [0.2, 0.25) is 5.02 Å². The Morgan fingerprint density at radius 2 is 1.87 bits per heavy atom. The van der Waals surface area contributed by atoms with Crippen molar-refractivity contribution in [3.8, 4) is 5.75 Å². The molecule has 0 saturated carbocycles. The Morgan fingerprint density at radius 3 is 2.65 bits per heavy atom. The largest absolute Gasteiger partial charge is 0.489 e. The van der Waals surface area contributed by atoms with E-state index in [-0.39, 0.29) is 5.76 Å². The molecular formula is C23H15Br2ClN2O3. The third kappa shape index (κ3) is 5.36. The van der Waals surface area contributed by atoms with E-state index in [1.54, 1.807) is 12.3 Å². The van der Waals surface area contributed by atoms with E-state index in [2.05, 4.69) is 42.4 Å². The van der Waals surface area contributed by atoms with E-state index in [9.17, 15) is 4.79 Å². The molecule has 1 amide bonds. The molecule has 8 heteroatoms. The number of hydrazone groups is 1. The molecule has 0 bridgehead atoms. The number of benzene rings is 3. The second-order valence-corrected chi connectivity index (χ2v) is 8.74. The fourth-order valence-corrected chi connectivity index (χ4v) is 4.36. The number of ether oxygens (including phenoxy) is 1. The van der Waals surface area contributed by atoms with Crippen LogP contribution in [0.1, 0.15) is 21.7 Å². The van der Waals surface area contributed by atoms with E-state index in [0.717, 1.165) is 25.5 Å². The Kier molecular flexibility index (Phi) is 6.75. The maximum Gasteiger partial charge on any atom is 0.307 e. The van der Waals surface area contributed by atoms with Crippen molar-refractivity contribution in [3.63, 3.8) is 0 Å². The normalized spacial score (nSPS) is 11.2. The minimum Gasteiger partial charge on any atom is -0.489 e. The Balaban J connectivity index is 1.35. The van der Waals surface area contributed by atoms with Gasteiger partial charge in [-0.3, -0.25) is 4.79 Å². The monoisotopic (exact) mass is 560 g/mol. The molecule has 156 valence electrons. The van der Waals surface area contributed by atoms with Crippen molar-refractivity contribution in [3.05, 3.63) is 97.6 Å². The number of amides is 1. The smallest absolute Gasteiger partial charge is 0.307 e. The van der Waals surface area contributed by atoms with Gasteiger partial charge in [0.05, 0.1) is 10.7 Å². The number of fused-ring (bicyclic) bond motifs is 1. The minimum atomic E-state index is -0.435. The van der Waals surface area contributed by atoms with Gasteiger partial charge in [-0.05, 0) is 70.0 Å². The zero-order valence-corrected chi connectivity index (χ0v) is 19.9. The molecule has 0 saturated heterocycles. The van der Waals surface area contributed by atoms with Gasteiger partial charge in [0.25, 0.3) is 0 Å². The molecule has 0 spiro atoms. The lowest BCUT2D eigenvalue weighted by Crippen LogP contribution is -2.16. The number of nitrogens with one attached hydrogen (secondary N) is 1. The zero-order valence-electron chi connectivity index (χ0n) is 15.9. The lowest BCUT2D eigenvalue weighted by Gasteiger charge is -2.07. The zero-order chi connectivity index (χ0) is 21.8. The second kappa shape index (κ2) is 9.68. The molecule has 31 heavy (non-hydrogen) atoms. The summed E-state index contributed by atoms with van der Waals surface area (Å²) in [7, 11) is 0. The van der Waals surface area contributed by atoms with Crippen LogP contribution in [0.3, 0.4) is 0 Å². The second-order valence-electron chi connectivity index (χ2n) is 6.56. The van der Waals surface area contributed by atoms with E-state index in [1.807, 2.05) is 60.7 Å². The molecule has 1 heterocycles. The van der Waals surface area contributed by atoms with E-state index < -0.39 is 5.91 Å². The highest BCUT2D eigenvalue weighted by molar-refractivity contribution is 9.11. The number of halogens is 3. The highest BCUT2D eigenvalue weighted by Gasteiger charge is 2.14. The fraction of sp³-hybridized carbons (Fsp3) is 0.0435. The average Bonchev–Trinajstić information content (AvgIpc) is 3.19. The SMILES string of the molecule is O=C(N/N=C\c1ccc(OCc2ccccc2Cl)cc1)c1cc2cc(Br)cc(Br)c2o1. The van der Waals surface area contributed by atoms with E-state index in [1.165, 1.54) is 0 Å². The summed E-state index contributed by atoms with van der Waals surface area (Å²) in [5, 5.41) is 5.48. The Hall–Kier alpha value is -2.61. The molecule has 0 radical (unpaired) electrons. The van der Waals surface area contributed by atoms with Crippen molar-refractivity contribution in [2.75, 3.05) is 0 Å². The van der Waals surface area contributed by atoms with Crippen LogP contribution in [0.25, 0.3) is 11.0 Å². The summed E-state index contributed by atoms with van der Waals surface area (Å²) < 4.78 is 13.0. The van der Waals surface area contributed by atoms with Crippen LogP contribution in [0.5, 0.6) is 5.75 Å². The highest BCUT2D eigenvalue weighted by Crippen LogP contribution is 2.31. The quantitative estimate of drug-likeness (QED) is 0.204. The molecule has 1 aromatic heterocycles. The van der Waals surface area contributed by atoms with Crippen LogP contribution < -0.4 is 10.2 Å². The van der Waals surface area contributed by atoms with Crippen LogP contribution in [-0.2, 0) is 6.61 Å². The van der Waals surface area contributed by atoms with Gasteiger partial charge < -0.3 is 9.15 Å². The van der Waals surface area contributed by atoms with Crippen molar-refractivity contribution in [1.29, 1.82) is 0 Å². The number of carbonyl (C=O) groups excluding carboxylic acids is 1. The number of carbonyl (C=O) groups is 1. The number of nitrogens with zero attached hydrogens (tertiary/aromatic N) is 1. The lowest BCUT2D eigenvalue weighted by atomic mass is 10.2. The van der Waals surface area contributed by atoms with E-state index >= 15 is 0 Å². The van der Waals surface area contributed by atoms with Crippen LogP contribution in [-0.4, -0.2) is 12.1 Å². The van der Waals surface area contributed by atoms with Gasteiger partial charge in [0.15, 0.2) is 5.76 Å². The molecule has 0 fully saturated rings. The first-order valence-electron chi connectivity index (χ1n) is 9.18. The van der Waals surface area contributed by atoms with Crippen LogP contribution in [0.4, 0.5) is 0 Å². The van der Waals surface area contributed by atoms with Crippen molar-refractivity contribution in [2.45, 2.75) is 6.61 Å². The molecule has 0 aliphatic heterocycles. The topological polar surface area (TPSA) is 63.8 Å². The van der Waals surface area contributed by atoms with Crippen molar-refractivity contribution in [1.82, 2.24) is 5.43 Å². The van der Waals surface area contributed by atoms with Gasteiger partial charge in [-0.25, -0.2) is 5.43 Å². The Bertz CT molecular complexity index is 1270. The Labute approximate surface area is 200 Å². The molecule has 0 aliphatic rings. The summed E-state index contributed by atoms with van der Waals surface area (Å²) in [4.78, 5) is 12.3. The third-order valence-electron chi connectivity index (χ3n) is 4.37. The van der Waals surface area contributed by atoms with Crippen molar-refractivity contribution in [2.24, 2.45) is 5.10 Å². The predicted molar refractivity (Wildman–Crippen MR) is 129 cm³/mol. The van der Waals surface area contributed by atoms with Gasteiger partial charge in [-0.1, -0.05) is 45.7 Å². The highest BCUT2D eigenvalue weighted by atomic mass is 79.9. The lowest BCUT2D eigenvalue weighted by molar-refractivity contribution is 0.0929.